The number of ketones is 1. The van der Waals surface area contributed by atoms with Crippen molar-refractivity contribution < 1.29 is 19.1 Å². The van der Waals surface area contributed by atoms with Gasteiger partial charge in [-0.15, -0.1) is 0 Å². The summed E-state index contributed by atoms with van der Waals surface area (Å²) >= 11 is 0. The molecule has 1 amide bonds. The van der Waals surface area contributed by atoms with Crippen molar-refractivity contribution >= 4 is 11.7 Å². The first-order valence-electron chi connectivity index (χ1n) is 6.58. The van der Waals surface area contributed by atoms with E-state index >= 15 is 0 Å². The van der Waals surface area contributed by atoms with Crippen molar-refractivity contribution in [1.29, 1.82) is 0 Å². The van der Waals surface area contributed by atoms with E-state index in [0.717, 1.165) is 12.0 Å². The molecule has 1 aromatic rings. The highest BCUT2D eigenvalue weighted by Gasteiger charge is 2.03. The van der Waals surface area contributed by atoms with Crippen molar-refractivity contribution in [2.24, 2.45) is 0 Å². The number of nitrogens with one attached hydrogen (secondary N) is 1. The van der Waals surface area contributed by atoms with Crippen LogP contribution in [0.15, 0.2) is 24.3 Å². The summed E-state index contributed by atoms with van der Waals surface area (Å²) in [6.45, 7) is 2.74. The second-order valence-electron chi connectivity index (χ2n) is 4.51. The Balaban J connectivity index is 2.27. The lowest BCUT2D eigenvalue weighted by Crippen LogP contribution is -2.30. The maximum atomic E-state index is 11.5. The van der Waals surface area contributed by atoms with Gasteiger partial charge in [-0.25, -0.2) is 0 Å². The Hall–Kier alpha value is -1.88. The van der Waals surface area contributed by atoms with Crippen LogP contribution < -0.4 is 10.1 Å². The van der Waals surface area contributed by atoms with Crippen LogP contribution in [0, 0.1) is 0 Å². The highest BCUT2D eigenvalue weighted by atomic mass is 16.5. The van der Waals surface area contributed by atoms with E-state index < -0.39 is 0 Å². The molecule has 110 valence electrons. The molecule has 0 aromatic heterocycles. The molecule has 0 saturated carbocycles. The molecule has 0 heterocycles. The second-order valence-corrected chi connectivity index (χ2v) is 4.51. The normalized spacial score (nSPS) is 10.1. The van der Waals surface area contributed by atoms with Gasteiger partial charge in [0.05, 0.1) is 0 Å². The average Bonchev–Trinajstić information content (AvgIpc) is 2.42. The SMILES string of the molecule is COCCCNC(=O)COc1ccc(CC(C)=O)cc1. The maximum Gasteiger partial charge on any atom is 0.257 e. The lowest BCUT2D eigenvalue weighted by molar-refractivity contribution is -0.123. The first-order valence-corrected chi connectivity index (χ1v) is 6.58. The fraction of sp³-hybridized carbons (Fsp3) is 0.467. The van der Waals surface area contributed by atoms with E-state index in [4.69, 9.17) is 9.47 Å². The fourth-order valence-corrected chi connectivity index (χ4v) is 1.64. The lowest BCUT2D eigenvalue weighted by Gasteiger charge is -2.08. The van der Waals surface area contributed by atoms with Gasteiger partial charge in [0.25, 0.3) is 5.91 Å². The summed E-state index contributed by atoms with van der Waals surface area (Å²) in [6.07, 6.45) is 1.20. The van der Waals surface area contributed by atoms with Gasteiger partial charge in [0.2, 0.25) is 0 Å². The molecule has 20 heavy (non-hydrogen) atoms. The minimum absolute atomic E-state index is 0.0148. The Morgan fingerprint density at radius 3 is 2.50 bits per heavy atom. The van der Waals surface area contributed by atoms with Gasteiger partial charge in [-0.2, -0.15) is 0 Å². The zero-order valence-corrected chi connectivity index (χ0v) is 12.0. The van der Waals surface area contributed by atoms with Gasteiger partial charge in [0.15, 0.2) is 6.61 Å². The van der Waals surface area contributed by atoms with E-state index in [0.29, 0.717) is 25.3 Å². The summed E-state index contributed by atoms with van der Waals surface area (Å²) in [5.74, 6) is 0.576. The van der Waals surface area contributed by atoms with Gasteiger partial charge in [0.1, 0.15) is 11.5 Å². The fourth-order valence-electron chi connectivity index (χ4n) is 1.64. The van der Waals surface area contributed by atoms with E-state index in [9.17, 15) is 9.59 Å². The molecule has 1 rings (SSSR count). The van der Waals surface area contributed by atoms with Crippen molar-refractivity contribution in [3.8, 4) is 5.75 Å². The van der Waals surface area contributed by atoms with E-state index in [1.54, 1.807) is 26.2 Å². The Bertz CT molecular complexity index is 428. The zero-order valence-electron chi connectivity index (χ0n) is 12.0. The molecule has 0 radical (unpaired) electrons. The Morgan fingerprint density at radius 2 is 1.90 bits per heavy atom. The van der Waals surface area contributed by atoms with Crippen LogP contribution in [0.1, 0.15) is 18.9 Å². The average molecular weight is 279 g/mol. The molecule has 0 aliphatic carbocycles. The third kappa shape index (κ3) is 6.89. The van der Waals surface area contributed by atoms with E-state index in [-0.39, 0.29) is 18.3 Å². The number of rotatable bonds is 9. The van der Waals surface area contributed by atoms with Gasteiger partial charge in [0, 0.05) is 26.7 Å². The highest BCUT2D eigenvalue weighted by Crippen LogP contribution is 2.12. The van der Waals surface area contributed by atoms with Crippen LogP contribution in [0.2, 0.25) is 0 Å². The van der Waals surface area contributed by atoms with Gasteiger partial charge in [-0.3, -0.25) is 9.59 Å². The van der Waals surface area contributed by atoms with Crippen LogP contribution in [0.5, 0.6) is 5.75 Å². The van der Waals surface area contributed by atoms with Crippen LogP contribution in [-0.2, 0) is 20.7 Å². The third-order valence-corrected chi connectivity index (χ3v) is 2.59. The van der Waals surface area contributed by atoms with Crippen LogP contribution in [0.25, 0.3) is 0 Å². The Labute approximate surface area is 119 Å². The zero-order chi connectivity index (χ0) is 14.8. The molecule has 0 unspecified atom stereocenters. The quantitative estimate of drug-likeness (QED) is 0.693. The summed E-state index contributed by atoms with van der Waals surface area (Å²) in [5.41, 5.74) is 0.939. The number of benzene rings is 1. The molecule has 0 aliphatic heterocycles. The summed E-state index contributed by atoms with van der Waals surface area (Å²) in [5, 5.41) is 2.74. The molecule has 1 aromatic carbocycles. The summed E-state index contributed by atoms with van der Waals surface area (Å²) in [4.78, 5) is 22.4. The van der Waals surface area contributed by atoms with Crippen molar-refractivity contribution in [2.75, 3.05) is 26.9 Å². The Kier molecular flexibility index (Phi) is 7.35. The smallest absolute Gasteiger partial charge is 0.257 e. The van der Waals surface area contributed by atoms with Gasteiger partial charge < -0.3 is 14.8 Å². The third-order valence-electron chi connectivity index (χ3n) is 2.59. The molecular weight excluding hydrogens is 258 g/mol. The minimum atomic E-state index is -0.158. The van der Waals surface area contributed by atoms with Crippen molar-refractivity contribution in [3.63, 3.8) is 0 Å². The summed E-state index contributed by atoms with van der Waals surface area (Å²) in [7, 11) is 1.63. The van der Waals surface area contributed by atoms with E-state index in [2.05, 4.69) is 5.32 Å². The number of carbonyl (C=O) groups is 2. The predicted octanol–water partition coefficient (Wildman–Crippen LogP) is 1.35. The minimum Gasteiger partial charge on any atom is -0.484 e. The number of carbonyl (C=O) groups excluding carboxylic acids is 2. The molecule has 0 saturated heterocycles. The molecule has 5 nitrogen and oxygen atoms in total. The molecule has 0 aliphatic rings. The number of Topliss-reactive ketones (excluding diaryl/α,β-unsaturated/α-hetero) is 1. The molecule has 0 bridgehead atoms. The molecule has 0 spiro atoms. The highest BCUT2D eigenvalue weighted by molar-refractivity contribution is 5.78. The van der Waals surface area contributed by atoms with Gasteiger partial charge in [-0.1, -0.05) is 12.1 Å². The maximum absolute atomic E-state index is 11.5. The van der Waals surface area contributed by atoms with Crippen LogP contribution in [0.4, 0.5) is 0 Å². The molecule has 0 fully saturated rings. The molecular formula is C15H21NO4. The van der Waals surface area contributed by atoms with Crippen LogP contribution in [0.3, 0.4) is 0 Å². The molecule has 0 atom stereocenters. The van der Waals surface area contributed by atoms with Gasteiger partial charge in [-0.05, 0) is 31.0 Å². The number of methoxy groups -OCH3 is 1. The Morgan fingerprint density at radius 1 is 1.20 bits per heavy atom. The first-order chi connectivity index (χ1) is 9.61. The summed E-state index contributed by atoms with van der Waals surface area (Å²) < 4.78 is 10.2. The number of hydrogen-bond donors (Lipinski definition) is 1. The largest absolute Gasteiger partial charge is 0.484 e. The number of amides is 1. The lowest BCUT2D eigenvalue weighted by atomic mass is 10.1. The van der Waals surface area contributed by atoms with Crippen molar-refractivity contribution in [2.45, 2.75) is 19.8 Å². The number of hydrogen-bond acceptors (Lipinski definition) is 4. The standard InChI is InChI=1S/C15H21NO4/c1-12(17)10-13-4-6-14(7-5-13)20-11-15(18)16-8-3-9-19-2/h4-7H,3,8-11H2,1-2H3,(H,16,18). The van der Waals surface area contributed by atoms with Crippen molar-refractivity contribution in [1.82, 2.24) is 5.32 Å². The van der Waals surface area contributed by atoms with Crippen LogP contribution in [-0.4, -0.2) is 38.6 Å². The molecule has 1 N–H and O–H groups in total. The first kappa shape index (κ1) is 16.2. The number of ether oxygens (including phenoxy) is 2. The molecule has 5 heteroatoms. The van der Waals surface area contributed by atoms with Crippen molar-refractivity contribution in [3.05, 3.63) is 29.8 Å². The monoisotopic (exact) mass is 279 g/mol. The van der Waals surface area contributed by atoms with E-state index in [1.807, 2.05) is 12.1 Å². The predicted molar refractivity (Wildman–Crippen MR) is 75.8 cm³/mol. The summed E-state index contributed by atoms with van der Waals surface area (Å²) in [6, 6.07) is 7.17. The topological polar surface area (TPSA) is 64.6 Å². The van der Waals surface area contributed by atoms with E-state index in [1.165, 1.54) is 0 Å². The van der Waals surface area contributed by atoms with Gasteiger partial charge >= 0.3 is 0 Å². The second kappa shape index (κ2) is 9.09. The van der Waals surface area contributed by atoms with Crippen LogP contribution >= 0.6 is 0 Å².